The molecule has 0 aromatic carbocycles. The van der Waals surface area contributed by atoms with Gasteiger partial charge in [-0.25, -0.2) is 4.98 Å². The van der Waals surface area contributed by atoms with Crippen molar-refractivity contribution in [1.29, 1.82) is 5.26 Å². The Bertz CT molecular complexity index is 446. The standard InChI is InChI=1S/C14H20N4/c1-3-18(12-4-5-12)9-8-17-14-13(10-15)11(2)6-7-16-14/h6-7,12H,3-5,8-9H2,1-2H3,(H,16,17). The van der Waals surface area contributed by atoms with Gasteiger partial charge in [-0.1, -0.05) is 6.92 Å². The van der Waals surface area contributed by atoms with Crippen molar-refractivity contribution >= 4 is 5.82 Å². The zero-order chi connectivity index (χ0) is 13.0. The second-order valence-electron chi connectivity index (χ2n) is 4.75. The molecule has 1 aliphatic carbocycles. The number of hydrogen-bond acceptors (Lipinski definition) is 4. The van der Waals surface area contributed by atoms with Gasteiger partial charge in [0.05, 0.1) is 5.56 Å². The van der Waals surface area contributed by atoms with Crippen molar-refractivity contribution in [1.82, 2.24) is 9.88 Å². The Morgan fingerprint density at radius 3 is 2.94 bits per heavy atom. The molecule has 0 bridgehead atoms. The SMILES string of the molecule is CCN(CCNc1nccc(C)c1C#N)C1CC1. The van der Waals surface area contributed by atoms with Crippen LogP contribution in [0.5, 0.6) is 0 Å². The maximum atomic E-state index is 9.11. The van der Waals surface area contributed by atoms with Crippen LogP contribution in [-0.4, -0.2) is 35.6 Å². The number of pyridine rings is 1. The molecule has 0 amide bonds. The van der Waals surface area contributed by atoms with E-state index >= 15 is 0 Å². The number of anilines is 1. The zero-order valence-electron chi connectivity index (χ0n) is 11.1. The first-order chi connectivity index (χ1) is 8.76. The summed E-state index contributed by atoms with van der Waals surface area (Å²) in [7, 11) is 0. The van der Waals surface area contributed by atoms with Crippen molar-refractivity contribution in [2.24, 2.45) is 0 Å². The van der Waals surface area contributed by atoms with Gasteiger partial charge in [-0.15, -0.1) is 0 Å². The minimum atomic E-state index is 0.659. The molecular weight excluding hydrogens is 224 g/mol. The average Bonchev–Trinajstić information content (AvgIpc) is 3.19. The first-order valence-corrected chi connectivity index (χ1v) is 6.60. The summed E-state index contributed by atoms with van der Waals surface area (Å²) in [4.78, 5) is 6.72. The van der Waals surface area contributed by atoms with E-state index in [4.69, 9.17) is 5.26 Å². The molecule has 0 spiro atoms. The molecule has 1 aliphatic rings. The highest BCUT2D eigenvalue weighted by Gasteiger charge is 2.27. The number of aryl methyl sites for hydroxylation is 1. The lowest BCUT2D eigenvalue weighted by Gasteiger charge is -2.20. The number of hydrogen-bond donors (Lipinski definition) is 1. The van der Waals surface area contributed by atoms with Gasteiger partial charge >= 0.3 is 0 Å². The van der Waals surface area contributed by atoms with Gasteiger partial charge in [-0.05, 0) is 37.9 Å². The molecule has 0 aliphatic heterocycles. The molecular formula is C14H20N4. The van der Waals surface area contributed by atoms with Gasteiger partial charge in [0.2, 0.25) is 0 Å². The van der Waals surface area contributed by atoms with E-state index in [-0.39, 0.29) is 0 Å². The van der Waals surface area contributed by atoms with E-state index in [1.54, 1.807) is 6.20 Å². The first-order valence-electron chi connectivity index (χ1n) is 6.60. The van der Waals surface area contributed by atoms with Crippen LogP contribution in [0.3, 0.4) is 0 Å². The van der Waals surface area contributed by atoms with Gasteiger partial charge in [-0.3, -0.25) is 4.90 Å². The van der Waals surface area contributed by atoms with E-state index in [9.17, 15) is 0 Å². The Morgan fingerprint density at radius 1 is 1.56 bits per heavy atom. The molecule has 2 rings (SSSR count). The summed E-state index contributed by atoms with van der Waals surface area (Å²) >= 11 is 0. The van der Waals surface area contributed by atoms with Crippen LogP contribution in [0.4, 0.5) is 5.82 Å². The number of nitrogens with one attached hydrogen (secondary N) is 1. The summed E-state index contributed by atoms with van der Waals surface area (Å²) in [6.07, 6.45) is 4.41. The quantitative estimate of drug-likeness (QED) is 0.833. The van der Waals surface area contributed by atoms with Gasteiger partial charge in [0.15, 0.2) is 0 Å². The number of likely N-dealkylation sites (N-methyl/N-ethyl adjacent to an activating group) is 1. The van der Waals surface area contributed by atoms with Crippen LogP contribution in [0.1, 0.15) is 30.9 Å². The van der Waals surface area contributed by atoms with Gasteiger partial charge in [0, 0.05) is 25.3 Å². The number of rotatable bonds is 6. The Balaban J connectivity index is 1.90. The first kappa shape index (κ1) is 12.8. The van der Waals surface area contributed by atoms with Crippen molar-refractivity contribution in [3.8, 4) is 6.07 Å². The minimum Gasteiger partial charge on any atom is -0.368 e. The van der Waals surface area contributed by atoms with Crippen LogP contribution in [0.15, 0.2) is 12.3 Å². The van der Waals surface area contributed by atoms with E-state index in [2.05, 4.69) is 28.2 Å². The summed E-state index contributed by atoms with van der Waals surface area (Å²) < 4.78 is 0. The van der Waals surface area contributed by atoms with Gasteiger partial charge in [0.1, 0.15) is 11.9 Å². The average molecular weight is 244 g/mol. The molecule has 96 valence electrons. The highest BCUT2D eigenvalue weighted by Crippen LogP contribution is 2.26. The van der Waals surface area contributed by atoms with Gasteiger partial charge in [-0.2, -0.15) is 5.26 Å². The second-order valence-corrected chi connectivity index (χ2v) is 4.75. The topological polar surface area (TPSA) is 52.0 Å². The fraction of sp³-hybridized carbons (Fsp3) is 0.571. The zero-order valence-corrected chi connectivity index (χ0v) is 11.1. The lowest BCUT2D eigenvalue weighted by molar-refractivity contribution is 0.289. The Hall–Kier alpha value is -1.60. The van der Waals surface area contributed by atoms with Crippen molar-refractivity contribution in [2.75, 3.05) is 25.0 Å². The summed E-state index contributed by atoms with van der Waals surface area (Å²) in [6, 6.07) is 4.87. The molecule has 4 nitrogen and oxygen atoms in total. The maximum Gasteiger partial charge on any atom is 0.144 e. The molecule has 18 heavy (non-hydrogen) atoms. The van der Waals surface area contributed by atoms with Crippen LogP contribution in [0.2, 0.25) is 0 Å². The molecule has 4 heteroatoms. The highest BCUT2D eigenvalue weighted by molar-refractivity contribution is 5.55. The highest BCUT2D eigenvalue weighted by atomic mass is 15.2. The summed E-state index contributed by atoms with van der Waals surface area (Å²) in [5, 5.41) is 12.4. The Labute approximate surface area is 109 Å². The van der Waals surface area contributed by atoms with Crippen molar-refractivity contribution in [2.45, 2.75) is 32.7 Å². The fourth-order valence-corrected chi connectivity index (χ4v) is 2.19. The van der Waals surface area contributed by atoms with E-state index < -0.39 is 0 Å². The predicted molar refractivity (Wildman–Crippen MR) is 72.4 cm³/mol. The largest absolute Gasteiger partial charge is 0.368 e. The summed E-state index contributed by atoms with van der Waals surface area (Å²) in [6.45, 7) is 7.09. The van der Waals surface area contributed by atoms with Gasteiger partial charge in [0.25, 0.3) is 0 Å². The molecule has 1 saturated carbocycles. The third kappa shape index (κ3) is 2.99. The van der Waals surface area contributed by atoms with Crippen LogP contribution in [-0.2, 0) is 0 Å². The molecule has 0 atom stereocenters. The van der Waals surface area contributed by atoms with Crippen molar-refractivity contribution in [3.63, 3.8) is 0 Å². The third-order valence-electron chi connectivity index (χ3n) is 3.43. The normalized spacial score (nSPS) is 14.6. The molecule has 1 aromatic heterocycles. The monoisotopic (exact) mass is 244 g/mol. The number of nitrogens with zero attached hydrogens (tertiary/aromatic N) is 3. The Kier molecular flexibility index (Phi) is 4.16. The number of aromatic nitrogens is 1. The van der Waals surface area contributed by atoms with E-state index in [0.717, 1.165) is 31.2 Å². The lowest BCUT2D eigenvalue weighted by Crippen LogP contribution is -2.31. The fourth-order valence-electron chi connectivity index (χ4n) is 2.19. The third-order valence-corrected chi connectivity index (χ3v) is 3.43. The predicted octanol–water partition coefficient (Wildman–Crippen LogP) is 2.16. The van der Waals surface area contributed by atoms with Crippen LogP contribution < -0.4 is 5.32 Å². The maximum absolute atomic E-state index is 9.11. The molecule has 1 heterocycles. The van der Waals surface area contributed by atoms with E-state index in [1.807, 2.05) is 13.0 Å². The Morgan fingerprint density at radius 2 is 2.33 bits per heavy atom. The molecule has 0 saturated heterocycles. The van der Waals surface area contributed by atoms with Crippen LogP contribution in [0, 0.1) is 18.3 Å². The number of nitriles is 1. The van der Waals surface area contributed by atoms with Crippen molar-refractivity contribution < 1.29 is 0 Å². The van der Waals surface area contributed by atoms with Gasteiger partial charge < -0.3 is 5.32 Å². The van der Waals surface area contributed by atoms with Crippen LogP contribution in [0.25, 0.3) is 0 Å². The summed E-state index contributed by atoms with van der Waals surface area (Å²) in [5.74, 6) is 0.712. The molecule has 1 aromatic rings. The molecule has 1 N–H and O–H groups in total. The minimum absolute atomic E-state index is 0.659. The van der Waals surface area contributed by atoms with Crippen LogP contribution >= 0.6 is 0 Å². The van der Waals surface area contributed by atoms with Crippen molar-refractivity contribution in [3.05, 3.63) is 23.4 Å². The lowest BCUT2D eigenvalue weighted by atomic mass is 10.1. The van der Waals surface area contributed by atoms with E-state index in [1.165, 1.54) is 12.8 Å². The van der Waals surface area contributed by atoms with E-state index in [0.29, 0.717) is 11.4 Å². The molecule has 0 unspecified atom stereocenters. The molecule has 1 fully saturated rings. The second kappa shape index (κ2) is 5.83. The summed E-state index contributed by atoms with van der Waals surface area (Å²) in [5.41, 5.74) is 1.64. The smallest absolute Gasteiger partial charge is 0.144 e. The molecule has 0 radical (unpaired) electrons.